The topological polar surface area (TPSA) is 107 Å². The van der Waals surface area contributed by atoms with E-state index in [0.717, 1.165) is 17.7 Å². The Morgan fingerprint density at radius 3 is 2.36 bits per heavy atom. The van der Waals surface area contributed by atoms with E-state index < -0.39 is 22.3 Å². The molecule has 0 heterocycles. The summed E-state index contributed by atoms with van der Waals surface area (Å²) < 4.78 is 18.7. The standard InChI is InChI=1S/C19H22FN3O4.ClH/c1-12(2)13-3-5-14(6-4-13)17(21)10-22-19(24)11-27-15-7-8-18(23(25)26)16(20)9-15;/h3-9,12,17H,10-11,21H2,1-2H3,(H,22,24);1H. The number of carbonyl (C=O) groups excluding carboxylic acids is 1. The second-order valence-electron chi connectivity index (χ2n) is 6.39. The van der Waals surface area contributed by atoms with E-state index in [9.17, 15) is 19.3 Å². The van der Waals surface area contributed by atoms with Gasteiger partial charge in [-0.2, -0.15) is 4.39 Å². The Labute approximate surface area is 168 Å². The third kappa shape index (κ3) is 6.47. The maximum Gasteiger partial charge on any atom is 0.305 e. The fourth-order valence-electron chi connectivity index (χ4n) is 2.40. The van der Waals surface area contributed by atoms with Crippen LogP contribution >= 0.6 is 12.4 Å². The smallest absolute Gasteiger partial charge is 0.305 e. The predicted octanol–water partition coefficient (Wildman–Crippen LogP) is 3.47. The number of amides is 1. The first-order chi connectivity index (χ1) is 12.8. The molecule has 9 heteroatoms. The van der Waals surface area contributed by atoms with Gasteiger partial charge in [0.05, 0.1) is 4.92 Å². The summed E-state index contributed by atoms with van der Waals surface area (Å²) >= 11 is 0. The summed E-state index contributed by atoms with van der Waals surface area (Å²) in [6.07, 6.45) is 0. The molecule has 152 valence electrons. The zero-order valence-corrected chi connectivity index (χ0v) is 16.4. The largest absolute Gasteiger partial charge is 0.484 e. The molecule has 0 aliphatic rings. The molecule has 0 aromatic heterocycles. The maximum atomic E-state index is 13.5. The number of nitro benzene ring substituents is 1. The minimum atomic E-state index is -1.02. The lowest BCUT2D eigenvalue weighted by Crippen LogP contribution is -2.35. The van der Waals surface area contributed by atoms with Gasteiger partial charge < -0.3 is 15.8 Å². The van der Waals surface area contributed by atoms with Crippen LogP contribution in [0, 0.1) is 15.9 Å². The van der Waals surface area contributed by atoms with E-state index in [2.05, 4.69) is 19.2 Å². The first-order valence-corrected chi connectivity index (χ1v) is 8.46. The summed E-state index contributed by atoms with van der Waals surface area (Å²) in [5, 5.41) is 13.2. The Kier molecular flexibility index (Phi) is 8.81. The highest BCUT2D eigenvalue weighted by atomic mass is 35.5. The van der Waals surface area contributed by atoms with Crippen LogP contribution < -0.4 is 15.8 Å². The van der Waals surface area contributed by atoms with Crippen LogP contribution in [0.1, 0.15) is 36.9 Å². The number of carbonyl (C=O) groups is 1. The highest BCUT2D eigenvalue weighted by Crippen LogP contribution is 2.22. The minimum absolute atomic E-state index is 0. The second-order valence-corrected chi connectivity index (χ2v) is 6.39. The van der Waals surface area contributed by atoms with Gasteiger partial charge in [0.2, 0.25) is 5.82 Å². The number of nitrogens with one attached hydrogen (secondary N) is 1. The van der Waals surface area contributed by atoms with Gasteiger partial charge in [-0.1, -0.05) is 38.1 Å². The number of nitro groups is 1. The maximum absolute atomic E-state index is 13.5. The molecule has 2 rings (SSSR count). The van der Waals surface area contributed by atoms with Crippen LogP contribution in [0.5, 0.6) is 5.75 Å². The molecule has 0 bridgehead atoms. The number of hydrogen-bond donors (Lipinski definition) is 2. The molecule has 0 fully saturated rings. The van der Waals surface area contributed by atoms with Gasteiger partial charge in [0.25, 0.3) is 5.91 Å². The second kappa shape index (κ2) is 10.6. The summed E-state index contributed by atoms with van der Waals surface area (Å²) in [5.41, 5.74) is 7.53. The van der Waals surface area contributed by atoms with Crippen LogP contribution in [-0.2, 0) is 4.79 Å². The number of ether oxygens (including phenoxy) is 1. The Hall–Kier alpha value is -2.71. The van der Waals surface area contributed by atoms with Crippen molar-refractivity contribution in [2.45, 2.75) is 25.8 Å². The van der Waals surface area contributed by atoms with Crippen LogP contribution in [0.3, 0.4) is 0 Å². The van der Waals surface area contributed by atoms with Gasteiger partial charge in [0.1, 0.15) is 5.75 Å². The van der Waals surface area contributed by atoms with Crippen LogP contribution in [0.2, 0.25) is 0 Å². The van der Waals surface area contributed by atoms with Crippen LogP contribution in [0.15, 0.2) is 42.5 Å². The van der Waals surface area contributed by atoms with Gasteiger partial charge in [-0.25, -0.2) is 0 Å². The lowest BCUT2D eigenvalue weighted by atomic mass is 9.99. The molecular formula is C19H23ClFN3O4. The molecule has 1 unspecified atom stereocenters. The van der Waals surface area contributed by atoms with E-state index in [0.29, 0.717) is 5.92 Å². The average molecular weight is 412 g/mol. The van der Waals surface area contributed by atoms with Crippen molar-refractivity contribution < 1.29 is 18.8 Å². The lowest BCUT2D eigenvalue weighted by molar-refractivity contribution is -0.387. The minimum Gasteiger partial charge on any atom is -0.484 e. The van der Waals surface area contributed by atoms with Crippen molar-refractivity contribution >= 4 is 24.0 Å². The van der Waals surface area contributed by atoms with Crippen molar-refractivity contribution in [3.8, 4) is 5.75 Å². The average Bonchev–Trinajstić information content (AvgIpc) is 2.64. The van der Waals surface area contributed by atoms with E-state index in [4.69, 9.17) is 10.5 Å². The highest BCUT2D eigenvalue weighted by Gasteiger charge is 2.15. The molecule has 0 radical (unpaired) electrons. The molecule has 0 spiro atoms. The highest BCUT2D eigenvalue weighted by molar-refractivity contribution is 5.85. The Bertz CT molecular complexity index is 815. The number of nitrogens with zero attached hydrogens (tertiary/aromatic N) is 1. The molecule has 1 atom stereocenters. The number of hydrogen-bond acceptors (Lipinski definition) is 5. The molecule has 2 aromatic rings. The summed E-state index contributed by atoms with van der Waals surface area (Å²) in [5.74, 6) is -0.994. The van der Waals surface area contributed by atoms with Crippen molar-refractivity contribution in [1.82, 2.24) is 5.32 Å². The van der Waals surface area contributed by atoms with E-state index in [1.807, 2.05) is 24.3 Å². The third-order valence-corrected chi connectivity index (χ3v) is 4.04. The molecule has 0 saturated heterocycles. The van der Waals surface area contributed by atoms with Crippen LogP contribution in [0.25, 0.3) is 0 Å². The first kappa shape index (κ1) is 23.3. The fourth-order valence-corrected chi connectivity index (χ4v) is 2.40. The van der Waals surface area contributed by atoms with Crippen molar-refractivity contribution in [3.05, 3.63) is 69.5 Å². The van der Waals surface area contributed by atoms with Gasteiger partial charge in [0.15, 0.2) is 6.61 Å². The van der Waals surface area contributed by atoms with Gasteiger partial charge in [-0.05, 0) is 23.1 Å². The fraction of sp³-hybridized carbons (Fsp3) is 0.316. The summed E-state index contributed by atoms with van der Waals surface area (Å²) in [6, 6.07) is 10.6. The molecule has 0 aliphatic heterocycles. The van der Waals surface area contributed by atoms with E-state index in [-0.39, 0.29) is 37.4 Å². The Morgan fingerprint density at radius 1 is 1.21 bits per heavy atom. The number of nitrogens with two attached hydrogens (primary N) is 1. The summed E-state index contributed by atoms with van der Waals surface area (Å²) in [7, 11) is 0. The zero-order chi connectivity index (χ0) is 20.0. The van der Waals surface area contributed by atoms with Crippen LogP contribution in [0.4, 0.5) is 10.1 Å². The van der Waals surface area contributed by atoms with Gasteiger partial charge >= 0.3 is 5.69 Å². The quantitative estimate of drug-likeness (QED) is 0.510. The SMILES string of the molecule is CC(C)c1ccc(C(N)CNC(=O)COc2ccc([N+](=O)[O-])c(F)c2)cc1.Cl. The summed E-state index contributed by atoms with van der Waals surface area (Å²) in [4.78, 5) is 21.6. The van der Waals surface area contributed by atoms with Crippen molar-refractivity contribution in [2.24, 2.45) is 5.73 Å². The monoisotopic (exact) mass is 411 g/mol. The first-order valence-electron chi connectivity index (χ1n) is 8.46. The van der Waals surface area contributed by atoms with Gasteiger partial charge in [0, 0.05) is 24.7 Å². The number of rotatable bonds is 8. The number of benzene rings is 2. The predicted molar refractivity (Wildman–Crippen MR) is 106 cm³/mol. The lowest BCUT2D eigenvalue weighted by Gasteiger charge is -2.15. The molecule has 0 saturated carbocycles. The van der Waals surface area contributed by atoms with Crippen molar-refractivity contribution in [3.63, 3.8) is 0 Å². The van der Waals surface area contributed by atoms with E-state index >= 15 is 0 Å². The van der Waals surface area contributed by atoms with Crippen molar-refractivity contribution in [2.75, 3.05) is 13.2 Å². The molecule has 28 heavy (non-hydrogen) atoms. The van der Waals surface area contributed by atoms with Gasteiger partial charge in [-0.3, -0.25) is 14.9 Å². The normalized spacial score (nSPS) is 11.5. The molecular weight excluding hydrogens is 389 g/mol. The summed E-state index contributed by atoms with van der Waals surface area (Å²) in [6.45, 7) is 4.08. The molecule has 1 amide bonds. The van der Waals surface area contributed by atoms with Gasteiger partial charge in [-0.15, -0.1) is 12.4 Å². The Balaban J connectivity index is 0.00000392. The molecule has 3 N–H and O–H groups in total. The van der Waals surface area contributed by atoms with E-state index in [1.54, 1.807) is 0 Å². The molecule has 2 aromatic carbocycles. The number of halogens is 2. The third-order valence-electron chi connectivity index (χ3n) is 4.04. The van der Waals surface area contributed by atoms with Crippen LogP contribution in [-0.4, -0.2) is 24.0 Å². The molecule has 0 aliphatic carbocycles. The van der Waals surface area contributed by atoms with Crippen molar-refractivity contribution in [1.29, 1.82) is 0 Å². The Morgan fingerprint density at radius 2 is 1.82 bits per heavy atom. The van der Waals surface area contributed by atoms with E-state index in [1.165, 1.54) is 11.6 Å². The molecule has 7 nitrogen and oxygen atoms in total. The zero-order valence-electron chi connectivity index (χ0n) is 15.6.